The topological polar surface area (TPSA) is 41.8 Å². The van der Waals surface area contributed by atoms with Crippen molar-refractivity contribution in [3.63, 3.8) is 0 Å². The van der Waals surface area contributed by atoms with Gasteiger partial charge in [-0.2, -0.15) is 13.2 Å². The molecule has 0 fully saturated rings. The van der Waals surface area contributed by atoms with Gasteiger partial charge in [-0.1, -0.05) is 18.2 Å². The van der Waals surface area contributed by atoms with Gasteiger partial charge in [0.2, 0.25) is 0 Å². The zero-order valence-electron chi connectivity index (χ0n) is 13.5. The Kier molecular flexibility index (Phi) is 4.81. The third-order valence-electron chi connectivity index (χ3n) is 4.25. The van der Waals surface area contributed by atoms with Crippen molar-refractivity contribution in [3.8, 4) is 11.3 Å². The van der Waals surface area contributed by atoms with Crippen molar-refractivity contribution in [2.45, 2.75) is 25.4 Å². The van der Waals surface area contributed by atoms with Gasteiger partial charge in [0.25, 0.3) is 0 Å². The summed E-state index contributed by atoms with van der Waals surface area (Å²) in [6, 6.07) is 9.65. The molecule has 0 saturated carbocycles. The van der Waals surface area contributed by atoms with Crippen LogP contribution in [-0.2, 0) is 12.6 Å². The van der Waals surface area contributed by atoms with Crippen LogP contribution in [0.15, 0.2) is 42.5 Å². The lowest BCUT2D eigenvalue weighted by atomic mass is 9.97. The van der Waals surface area contributed by atoms with Crippen molar-refractivity contribution in [2.24, 2.45) is 5.73 Å². The van der Waals surface area contributed by atoms with Gasteiger partial charge in [0.15, 0.2) is 0 Å². The van der Waals surface area contributed by atoms with Crippen LogP contribution in [0.5, 0.6) is 0 Å². The molecule has 3 rings (SSSR count). The zero-order valence-corrected chi connectivity index (χ0v) is 13.5. The SMILES string of the molecule is NCCCCc1c(-c2ccccc2C(F)(F)F)[nH]c2ccc(F)cc12. The maximum absolute atomic E-state index is 13.7. The standard InChI is InChI=1S/C19H18F4N2/c20-12-8-9-17-15(11-12)13(5-3-4-10-24)18(25-17)14-6-1-2-7-16(14)19(21,22)23/h1-2,6-9,11,25H,3-5,10,24H2. The molecule has 0 unspecified atom stereocenters. The van der Waals surface area contributed by atoms with Gasteiger partial charge in [-0.3, -0.25) is 0 Å². The first kappa shape index (κ1) is 17.5. The number of H-pyrrole nitrogens is 1. The Hall–Kier alpha value is -2.34. The number of aromatic nitrogens is 1. The quantitative estimate of drug-likeness (QED) is 0.477. The first-order valence-electron chi connectivity index (χ1n) is 8.08. The predicted molar refractivity (Wildman–Crippen MR) is 90.7 cm³/mol. The molecule has 2 aromatic carbocycles. The molecule has 0 aliphatic rings. The van der Waals surface area contributed by atoms with Crippen molar-refractivity contribution < 1.29 is 17.6 Å². The summed E-state index contributed by atoms with van der Waals surface area (Å²) < 4.78 is 53.9. The van der Waals surface area contributed by atoms with E-state index in [9.17, 15) is 17.6 Å². The molecule has 25 heavy (non-hydrogen) atoms. The van der Waals surface area contributed by atoms with Gasteiger partial charge in [0.05, 0.1) is 11.3 Å². The third kappa shape index (κ3) is 3.54. The normalized spacial score (nSPS) is 12.0. The molecule has 3 aromatic rings. The molecule has 2 nitrogen and oxygen atoms in total. The third-order valence-corrected chi connectivity index (χ3v) is 4.25. The van der Waals surface area contributed by atoms with E-state index < -0.39 is 17.6 Å². The predicted octanol–water partition coefficient (Wildman–Crippen LogP) is 5.27. The van der Waals surface area contributed by atoms with Crippen LogP contribution in [0, 0.1) is 5.82 Å². The van der Waals surface area contributed by atoms with Crippen molar-refractivity contribution >= 4 is 10.9 Å². The van der Waals surface area contributed by atoms with Crippen LogP contribution in [0.3, 0.4) is 0 Å². The minimum Gasteiger partial charge on any atom is -0.354 e. The number of fused-ring (bicyclic) bond motifs is 1. The molecule has 3 N–H and O–H groups in total. The highest BCUT2D eigenvalue weighted by atomic mass is 19.4. The Bertz CT molecular complexity index is 881. The van der Waals surface area contributed by atoms with Crippen LogP contribution in [0.1, 0.15) is 24.0 Å². The summed E-state index contributed by atoms with van der Waals surface area (Å²) in [5.41, 5.74) is 6.60. The molecule has 0 atom stereocenters. The highest BCUT2D eigenvalue weighted by Crippen LogP contribution is 2.40. The van der Waals surface area contributed by atoms with Gasteiger partial charge < -0.3 is 10.7 Å². The number of unbranched alkanes of at least 4 members (excludes halogenated alkanes) is 1. The zero-order chi connectivity index (χ0) is 18.0. The molecule has 0 aliphatic heterocycles. The van der Waals surface area contributed by atoms with E-state index in [-0.39, 0.29) is 5.56 Å². The van der Waals surface area contributed by atoms with Crippen molar-refractivity contribution in [1.82, 2.24) is 4.98 Å². The first-order valence-corrected chi connectivity index (χ1v) is 8.08. The molecule has 0 radical (unpaired) electrons. The maximum atomic E-state index is 13.7. The molecule has 6 heteroatoms. The van der Waals surface area contributed by atoms with Crippen molar-refractivity contribution in [2.75, 3.05) is 6.54 Å². The van der Waals surface area contributed by atoms with Crippen LogP contribution in [0.4, 0.5) is 17.6 Å². The van der Waals surface area contributed by atoms with Crippen LogP contribution in [-0.4, -0.2) is 11.5 Å². The molecule has 0 aliphatic carbocycles. The van der Waals surface area contributed by atoms with Crippen LogP contribution in [0.25, 0.3) is 22.2 Å². The van der Waals surface area contributed by atoms with E-state index in [4.69, 9.17) is 5.73 Å². The fraction of sp³-hybridized carbons (Fsp3) is 0.263. The van der Waals surface area contributed by atoms with Gasteiger partial charge in [-0.15, -0.1) is 0 Å². The van der Waals surface area contributed by atoms with E-state index >= 15 is 0 Å². The van der Waals surface area contributed by atoms with Crippen LogP contribution in [0.2, 0.25) is 0 Å². The summed E-state index contributed by atoms with van der Waals surface area (Å²) in [4.78, 5) is 3.05. The Morgan fingerprint density at radius 1 is 1.00 bits per heavy atom. The second kappa shape index (κ2) is 6.88. The average molecular weight is 350 g/mol. The summed E-state index contributed by atoms with van der Waals surface area (Å²) in [5.74, 6) is -0.415. The lowest BCUT2D eigenvalue weighted by Gasteiger charge is -2.13. The highest BCUT2D eigenvalue weighted by molar-refractivity contribution is 5.91. The van der Waals surface area contributed by atoms with Gasteiger partial charge in [0.1, 0.15) is 5.82 Å². The lowest BCUT2D eigenvalue weighted by molar-refractivity contribution is -0.137. The number of nitrogens with two attached hydrogens (primary N) is 1. The molecular weight excluding hydrogens is 332 g/mol. The van der Waals surface area contributed by atoms with E-state index in [1.807, 2.05) is 0 Å². The molecular formula is C19H18F4N2. The summed E-state index contributed by atoms with van der Waals surface area (Å²) in [6.07, 6.45) is -2.46. The number of nitrogens with one attached hydrogen (secondary N) is 1. The number of benzene rings is 2. The van der Waals surface area contributed by atoms with Gasteiger partial charge in [-0.25, -0.2) is 4.39 Å². The van der Waals surface area contributed by atoms with Gasteiger partial charge in [0, 0.05) is 16.5 Å². The molecule has 0 bridgehead atoms. The monoisotopic (exact) mass is 350 g/mol. The molecule has 0 spiro atoms. The van der Waals surface area contributed by atoms with Crippen LogP contribution < -0.4 is 5.73 Å². The maximum Gasteiger partial charge on any atom is 0.417 e. The van der Waals surface area contributed by atoms with Crippen molar-refractivity contribution in [3.05, 3.63) is 59.4 Å². The lowest BCUT2D eigenvalue weighted by Crippen LogP contribution is -2.07. The Morgan fingerprint density at radius 2 is 1.76 bits per heavy atom. The van der Waals surface area contributed by atoms with E-state index in [0.717, 1.165) is 18.9 Å². The molecule has 1 heterocycles. The number of halogens is 4. The van der Waals surface area contributed by atoms with E-state index in [1.165, 1.54) is 24.3 Å². The van der Waals surface area contributed by atoms with E-state index in [2.05, 4.69) is 4.98 Å². The number of hydrogen-bond donors (Lipinski definition) is 2. The minimum absolute atomic E-state index is 0.0781. The highest BCUT2D eigenvalue weighted by Gasteiger charge is 2.34. The second-order valence-corrected chi connectivity index (χ2v) is 5.96. The smallest absolute Gasteiger partial charge is 0.354 e. The molecule has 132 valence electrons. The summed E-state index contributed by atoms with van der Waals surface area (Å²) in [5, 5.41) is 0.615. The largest absolute Gasteiger partial charge is 0.417 e. The van der Waals surface area contributed by atoms with Crippen LogP contribution >= 0.6 is 0 Å². The first-order chi connectivity index (χ1) is 11.9. The van der Waals surface area contributed by atoms with Gasteiger partial charge in [-0.05, 0) is 55.6 Å². The summed E-state index contributed by atoms with van der Waals surface area (Å²) in [6.45, 7) is 0.505. The molecule has 1 aromatic heterocycles. The number of hydrogen-bond acceptors (Lipinski definition) is 1. The fourth-order valence-corrected chi connectivity index (χ4v) is 3.10. The fourth-order valence-electron chi connectivity index (χ4n) is 3.10. The number of aromatic amines is 1. The second-order valence-electron chi connectivity index (χ2n) is 5.96. The van der Waals surface area contributed by atoms with E-state index in [0.29, 0.717) is 35.1 Å². The summed E-state index contributed by atoms with van der Waals surface area (Å²) in [7, 11) is 0. The van der Waals surface area contributed by atoms with Gasteiger partial charge >= 0.3 is 6.18 Å². The molecule has 0 saturated heterocycles. The Morgan fingerprint density at radius 3 is 2.48 bits per heavy atom. The van der Waals surface area contributed by atoms with Crippen molar-refractivity contribution in [1.29, 1.82) is 0 Å². The number of alkyl halides is 3. The number of aryl methyl sites for hydroxylation is 1. The Balaban J connectivity index is 2.21. The Labute approximate surface area is 142 Å². The summed E-state index contributed by atoms with van der Waals surface area (Å²) >= 11 is 0. The van der Waals surface area contributed by atoms with E-state index in [1.54, 1.807) is 12.1 Å². The average Bonchev–Trinajstić information content (AvgIpc) is 2.92. The molecule has 0 amide bonds. The minimum atomic E-state index is -4.46. The number of rotatable bonds is 5.